The molecule has 0 saturated heterocycles. The van der Waals surface area contributed by atoms with Crippen molar-refractivity contribution >= 4 is 29.2 Å². The van der Waals surface area contributed by atoms with E-state index >= 15 is 0 Å². The first-order valence-electron chi connectivity index (χ1n) is 10.8. The SMILES string of the molecule is CCOc1cc(N)c(Cl)cc1C(=O)N[C@H](C(=O)OC(C)(C)C)[C@H](C)N(O)Cc1ccc(F)cc1. The molecular formula is C24H31ClFN3O5. The van der Waals surface area contributed by atoms with Gasteiger partial charge in [-0.05, 0) is 58.4 Å². The molecule has 0 spiro atoms. The average molecular weight is 496 g/mol. The molecule has 2 aromatic rings. The Morgan fingerprint density at radius 2 is 1.85 bits per heavy atom. The zero-order chi connectivity index (χ0) is 25.6. The molecule has 0 radical (unpaired) electrons. The quantitative estimate of drug-likeness (QED) is 0.271. The average Bonchev–Trinajstić information content (AvgIpc) is 2.74. The highest BCUT2D eigenvalue weighted by Gasteiger charge is 2.35. The van der Waals surface area contributed by atoms with Crippen molar-refractivity contribution in [3.05, 3.63) is 58.4 Å². The lowest BCUT2D eigenvalue weighted by atomic mass is 10.1. The Labute approximate surface area is 203 Å². The highest BCUT2D eigenvalue weighted by atomic mass is 35.5. The van der Waals surface area contributed by atoms with Crippen LogP contribution in [0.3, 0.4) is 0 Å². The van der Waals surface area contributed by atoms with Crippen LogP contribution in [0.4, 0.5) is 10.1 Å². The number of hydroxylamine groups is 2. The second-order valence-corrected chi connectivity index (χ2v) is 9.16. The van der Waals surface area contributed by atoms with Gasteiger partial charge in [0.2, 0.25) is 0 Å². The van der Waals surface area contributed by atoms with Crippen LogP contribution in [0.25, 0.3) is 0 Å². The van der Waals surface area contributed by atoms with Crippen molar-refractivity contribution in [2.45, 2.75) is 58.8 Å². The summed E-state index contributed by atoms with van der Waals surface area (Å²) in [6, 6.07) is 6.16. The Kier molecular flexibility index (Phi) is 9.26. The van der Waals surface area contributed by atoms with E-state index in [0.29, 0.717) is 5.56 Å². The number of ether oxygens (including phenoxy) is 2. The number of nitrogens with one attached hydrogen (secondary N) is 1. The number of nitrogen functional groups attached to an aromatic ring is 1. The maximum absolute atomic E-state index is 13.2. The number of nitrogens with zero attached hydrogens (tertiary/aromatic N) is 1. The monoisotopic (exact) mass is 495 g/mol. The molecule has 0 saturated carbocycles. The molecule has 2 rings (SSSR count). The normalized spacial score (nSPS) is 13.3. The summed E-state index contributed by atoms with van der Waals surface area (Å²) < 4.78 is 24.2. The fourth-order valence-electron chi connectivity index (χ4n) is 3.08. The van der Waals surface area contributed by atoms with E-state index in [9.17, 15) is 19.2 Å². The Morgan fingerprint density at radius 3 is 2.41 bits per heavy atom. The smallest absolute Gasteiger partial charge is 0.330 e. The summed E-state index contributed by atoms with van der Waals surface area (Å²) in [5.41, 5.74) is 5.91. The van der Waals surface area contributed by atoms with Gasteiger partial charge in [-0.15, -0.1) is 0 Å². The van der Waals surface area contributed by atoms with Crippen molar-refractivity contribution in [2.75, 3.05) is 12.3 Å². The minimum Gasteiger partial charge on any atom is -0.493 e. The Bertz CT molecular complexity index is 1010. The second-order valence-electron chi connectivity index (χ2n) is 8.75. The molecule has 2 atom stereocenters. The van der Waals surface area contributed by atoms with Crippen LogP contribution < -0.4 is 15.8 Å². The topological polar surface area (TPSA) is 114 Å². The second kappa shape index (κ2) is 11.5. The molecular weight excluding hydrogens is 465 g/mol. The Morgan fingerprint density at radius 1 is 1.24 bits per heavy atom. The van der Waals surface area contributed by atoms with E-state index in [4.69, 9.17) is 26.8 Å². The van der Waals surface area contributed by atoms with Gasteiger partial charge in [-0.2, -0.15) is 5.06 Å². The molecule has 0 aliphatic rings. The number of hydrogen-bond acceptors (Lipinski definition) is 7. The standard InChI is InChI=1S/C24H31ClFN3O5/c1-6-33-20-12-19(27)18(25)11-17(20)22(30)28-21(23(31)34-24(3,4)5)14(2)29(32)13-15-7-9-16(26)10-8-15/h7-12,14,21,32H,6,13,27H2,1-5H3,(H,28,30)/t14-,21-/m0/s1. The van der Waals surface area contributed by atoms with Crippen LogP contribution in [0.1, 0.15) is 50.5 Å². The Hall–Kier alpha value is -2.88. The predicted octanol–water partition coefficient (Wildman–Crippen LogP) is 4.18. The number of esters is 1. The summed E-state index contributed by atoms with van der Waals surface area (Å²) in [6.07, 6.45) is 0. The van der Waals surface area contributed by atoms with Crippen molar-refractivity contribution in [1.82, 2.24) is 10.4 Å². The van der Waals surface area contributed by atoms with Crippen molar-refractivity contribution < 1.29 is 28.7 Å². The lowest BCUT2D eigenvalue weighted by Crippen LogP contribution is -2.55. The maximum Gasteiger partial charge on any atom is 0.330 e. The molecule has 10 heteroatoms. The van der Waals surface area contributed by atoms with Crippen LogP contribution in [0.2, 0.25) is 5.02 Å². The minimum atomic E-state index is -1.26. The number of hydrogen-bond donors (Lipinski definition) is 3. The number of nitrogens with two attached hydrogens (primary N) is 1. The van der Waals surface area contributed by atoms with Crippen LogP contribution in [0, 0.1) is 5.82 Å². The number of carbonyl (C=O) groups excluding carboxylic acids is 2. The van der Waals surface area contributed by atoms with Crippen LogP contribution in [0.5, 0.6) is 5.75 Å². The first-order valence-corrected chi connectivity index (χ1v) is 11.2. The third-order valence-corrected chi connectivity index (χ3v) is 5.13. The van der Waals surface area contributed by atoms with Crippen LogP contribution in [-0.4, -0.2) is 46.4 Å². The summed E-state index contributed by atoms with van der Waals surface area (Å²) in [6.45, 7) is 8.63. The fourth-order valence-corrected chi connectivity index (χ4v) is 3.24. The number of carbonyl (C=O) groups is 2. The molecule has 0 heterocycles. The van der Waals surface area contributed by atoms with Gasteiger partial charge in [-0.25, -0.2) is 9.18 Å². The number of anilines is 1. The van der Waals surface area contributed by atoms with Gasteiger partial charge in [0.15, 0.2) is 0 Å². The van der Waals surface area contributed by atoms with Gasteiger partial charge in [-0.3, -0.25) is 4.79 Å². The van der Waals surface area contributed by atoms with Crippen LogP contribution in [0.15, 0.2) is 36.4 Å². The molecule has 0 aliphatic carbocycles. The lowest BCUT2D eigenvalue weighted by molar-refractivity contribution is -0.172. The zero-order valence-corrected chi connectivity index (χ0v) is 20.6. The molecule has 2 aromatic carbocycles. The van der Waals surface area contributed by atoms with Crippen molar-refractivity contribution in [3.8, 4) is 5.75 Å². The van der Waals surface area contributed by atoms with E-state index in [1.54, 1.807) is 34.6 Å². The molecule has 4 N–H and O–H groups in total. The van der Waals surface area contributed by atoms with Crippen LogP contribution >= 0.6 is 11.6 Å². The maximum atomic E-state index is 13.2. The fraction of sp³-hybridized carbons (Fsp3) is 0.417. The molecule has 0 fully saturated rings. The molecule has 0 unspecified atom stereocenters. The first kappa shape index (κ1) is 27.4. The van der Waals surface area contributed by atoms with Gasteiger partial charge >= 0.3 is 5.97 Å². The number of rotatable bonds is 9. The van der Waals surface area contributed by atoms with Gasteiger partial charge in [0.1, 0.15) is 23.2 Å². The highest BCUT2D eigenvalue weighted by Crippen LogP contribution is 2.29. The number of halogens is 2. The van der Waals surface area contributed by atoms with Crippen molar-refractivity contribution in [3.63, 3.8) is 0 Å². The largest absolute Gasteiger partial charge is 0.493 e. The molecule has 0 bridgehead atoms. The van der Waals surface area contributed by atoms with Gasteiger partial charge in [0.05, 0.1) is 28.9 Å². The van der Waals surface area contributed by atoms with Gasteiger partial charge < -0.3 is 25.7 Å². The predicted molar refractivity (Wildman–Crippen MR) is 127 cm³/mol. The van der Waals surface area contributed by atoms with E-state index in [1.165, 1.54) is 36.4 Å². The number of amides is 1. The van der Waals surface area contributed by atoms with Gasteiger partial charge in [0.25, 0.3) is 5.91 Å². The summed E-state index contributed by atoms with van der Waals surface area (Å²) in [4.78, 5) is 26.2. The number of benzene rings is 2. The molecule has 34 heavy (non-hydrogen) atoms. The van der Waals surface area contributed by atoms with E-state index in [2.05, 4.69) is 5.32 Å². The van der Waals surface area contributed by atoms with Gasteiger partial charge in [-0.1, -0.05) is 23.7 Å². The summed E-state index contributed by atoms with van der Waals surface area (Å²) >= 11 is 6.10. The summed E-state index contributed by atoms with van der Waals surface area (Å²) in [5.74, 6) is -1.62. The summed E-state index contributed by atoms with van der Waals surface area (Å²) in [7, 11) is 0. The molecule has 1 amide bonds. The molecule has 0 aromatic heterocycles. The zero-order valence-electron chi connectivity index (χ0n) is 19.9. The Balaban J connectivity index is 2.33. The lowest BCUT2D eigenvalue weighted by Gasteiger charge is -2.32. The third-order valence-electron chi connectivity index (χ3n) is 4.80. The molecule has 0 aliphatic heterocycles. The van der Waals surface area contributed by atoms with E-state index in [-0.39, 0.29) is 35.2 Å². The van der Waals surface area contributed by atoms with E-state index in [1.807, 2.05) is 0 Å². The van der Waals surface area contributed by atoms with Crippen molar-refractivity contribution in [2.24, 2.45) is 0 Å². The van der Waals surface area contributed by atoms with Gasteiger partial charge in [0, 0.05) is 12.6 Å². The molecule has 186 valence electrons. The summed E-state index contributed by atoms with van der Waals surface area (Å²) in [5, 5.41) is 14.3. The third kappa shape index (κ3) is 7.58. The molecule has 8 nitrogen and oxygen atoms in total. The van der Waals surface area contributed by atoms with E-state index < -0.39 is 35.4 Å². The first-order chi connectivity index (χ1) is 15.8. The van der Waals surface area contributed by atoms with Crippen molar-refractivity contribution in [1.29, 1.82) is 0 Å². The van der Waals surface area contributed by atoms with Crippen LogP contribution in [-0.2, 0) is 16.1 Å². The van der Waals surface area contributed by atoms with E-state index in [0.717, 1.165) is 5.06 Å². The highest BCUT2D eigenvalue weighted by molar-refractivity contribution is 6.33. The minimum absolute atomic E-state index is 0.0193.